The lowest BCUT2D eigenvalue weighted by atomic mass is 10.2. The van der Waals surface area contributed by atoms with Crippen LogP contribution in [0.1, 0.15) is 16.6 Å². The Morgan fingerprint density at radius 1 is 1.00 bits per heavy atom. The van der Waals surface area contributed by atoms with E-state index >= 15 is 0 Å². The Bertz CT molecular complexity index is 680. The number of piperazine rings is 1. The SMILES string of the molecule is C[C@@H](Oc1ccccc1)C(=O)N1CCN(C(=O)c2cccs2)CC1. The summed E-state index contributed by atoms with van der Waals surface area (Å²) in [5, 5.41) is 1.90. The lowest BCUT2D eigenvalue weighted by Gasteiger charge is -2.35. The molecule has 2 aromatic rings. The van der Waals surface area contributed by atoms with Crippen LogP contribution in [0, 0.1) is 0 Å². The summed E-state index contributed by atoms with van der Waals surface area (Å²) in [7, 11) is 0. The maximum absolute atomic E-state index is 12.5. The van der Waals surface area contributed by atoms with E-state index in [9.17, 15) is 9.59 Å². The second-order valence-electron chi connectivity index (χ2n) is 5.67. The topological polar surface area (TPSA) is 49.9 Å². The van der Waals surface area contributed by atoms with Crippen molar-refractivity contribution in [2.75, 3.05) is 26.2 Å². The Morgan fingerprint density at radius 3 is 2.29 bits per heavy atom. The van der Waals surface area contributed by atoms with E-state index in [1.165, 1.54) is 11.3 Å². The monoisotopic (exact) mass is 344 g/mol. The maximum atomic E-state index is 12.5. The van der Waals surface area contributed by atoms with E-state index in [1.54, 1.807) is 16.7 Å². The van der Waals surface area contributed by atoms with Gasteiger partial charge in [-0.3, -0.25) is 9.59 Å². The second-order valence-corrected chi connectivity index (χ2v) is 6.62. The van der Waals surface area contributed by atoms with Crippen molar-refractivity contribution in [3.05, 3.63) is 52.7 Å². The molecule has 6 heteroatoms. The first-order chi connectivity index (χ1) is 11.6. The van der Waals surface area contributed by atoms with Crippen molar-refractivity contribution in [2.24, 2.45) is 0 Å². The molecular formula is C18H20N2O3S. The van der Waals surface area contributed by atoms with Crippen LogP contribution in [0.5, 0.6) is 5.75 Å². The van der Waals surface area contributed by atoms with Crippen LogP contribution < -0.4 is 4.74 Å². The van der Waals surface area contributed by atoms with Gasteiger partial charge in [0.15, 0.2) is 6.10 Å². The molecule has 24 heavy (non-hydrogen) atoms. The smallest absolute Gasteiger partial charge is 0.264 e. The highest BCUT2D eigenvalue weighted by atomic mass is 32.1. The number of carbonyl (C=O) groups excluding carboxylic acids is 2. The quantitative estimate of drug-likeness (QED) is 0.856. The van der Waals surface area contributed by atoms with Gasteiger partial charge in [-0.05, 0) is 30.5 Å². The van der Waals surface area contributed by atoms with Gasteiger partial charge in [0.25, 0.3) is 11.8 Å². The van der Waals surface area contributed by atoms with Crippen molar-refractivity contribution in [3.63, 3.8) is 0 Å². The molecule has 2 amide bonds. The van der Waals surface area contributed by atoms with E-state index < -0.39 is 6.10 Å². The molecule has 0 spiro atoms. The van der Waals surface area contributed by atoms with Crippen LogP contribution in [0.4, 0.5) is 0 Å². The van der Waals surface area contributed by atoms with E-state index in [-0.39, 0.29) is 11.8 Å². The van der Waals surface area contributed by atoms with Crippen LogP contribution >= 0.6 is 11.3 Å². The van der Waals surface area contributed by atoms with Crippen molar-refractivity contribution >= 4 is 23.2 Å². The zero-order valence-electron chi connectivity index (χ0n) is 13.6. The lowest BCUT2D eigenvalue weighted by molar-refractivity contribution is -0.139. The van der Waals surface area contributed by atoms with Crippen LogP contribution in [-0.2, 0) is 4.79 Å². The second kappa shape index (κ2) is 7.49. The van der Waals surface area contributed by atoms with Gasteiger partial charge in [0, 0.05) is 26.2 Å². The molecule has 5 nitrogen and oxygen atoms in total. The van der Waals surface area contributed by atoms with Gasteiger partial charge in [0.1, 0.15) is 5.75 Å². The van der Waals surface area contributed by atoms with Crippen LogP contribution in [0.2, 0.25) is 0 Å². The molecule has 1 aliphatic rings. The molecule has 1 atom stereocenters. The number of ether oxygens (including phenoxy) is 1. The van der Waals surface area contributed by atoms with E-state index in [1.807, 2.05) is 47.8 Å². The standard InChI is InChI=1S/C18H20N2O3S/c1-14(23-15-6-3-2-4-7-15)17(21)19-9-11-20(12-10-19)18(22)16-8-5-13-24-16/h2-8,13-14H,9-12H2,1H3/t14-/m1/s1. The van der Waals surface area contributed by atoms with Gasteiger partial charge in [-0.2, -0.15) is 0 Å². The molecule has 1 aliphatic heterocycles. The fourth-order valence-corrected chi connectivity index (χ4v) is 3.39. The number of rotatable bonds is 4. The molecule has 1 aromatic carbocycles. The highest BCUT2D eigenvalue weighted by Crippen LogP contribution is 2.16. The number of carbonyl (C=O) groups is 2. The normalized spacial score (nSPS) is 15.9. The van der Waals surface area contributed by atoms with Crippen LogP contribution in [0.15, 0.2) is 47.8 Å². The number of nitrogens with zero attached hydrogens (tertiary/aromatic N) is 2. The lowest BCUT2D eigenvalue weighted by Crippen LogP contribution is -2.53. The van der Waals surface area contributed by atoms with E-state index in [4.69, 9.17) is 4.74 Å². The number of amides is 2. The number of hydrogen-bond donors (Lipinski definition) is 0. The molecule has 0 N–H and O–H groups in total. The number of hydrogen-bond acceptors (Lipinski definition) is 4. The summed E-state index contributed by atoms with van der Waals surface area (Å²) in [5.74, 6) is 0.692. The first-order valence-corrected chi connectivity index (χ1v) is 8.86. The van der Waals surface area contributed by atoms with Gasteiger partial charge in [0.05, 0.1) is 4.88 Å². The van der Waals surface area contributed by atoms with Gasteiger partial charge in [-0.25, -0.2) is 0 Å². The summed E-state index contributed by atoms with van der Waals surface area (Å²) in [6, 6.07) is 13.0. The van der Waals surface area contributed by atoms with Gasteiger partial charge >= 0.3 is 0 Å². The molecule has 1 fully saturated rings. The highest BCUT2D eigenvalue weighted by molar-refractivity contribution is 7.12. The molecule has 3 rings (SSSR count). The molecule has 0 radical (unpaired) electrons. The minimum absolute atomic E-state index is 0.0397. The number of benzene rings is 1. The first kappa shape index (κ1) is 16.5. The third kappa shape index (κ3) is 3.76. The van der Waals surface area contributed by atoms with Crippen LogP contribution in [0.25, 0.3) is 0 Å². The van der Waals surface area contributed by atoms with Crippen molar-refractivity contribution < 1.29 is 14.3 Å². The van der Waals surface area contributed by atoms with Crippen molar-refractivity contribution in [2.45, 2.75) is 13.0 Å². The molecule has 0 saturated carbocycles. The molecular weight excluding hydrogens is 324 g/mol. The van der Waals surface area contributed by atoms with Gasteiger partial charge < -0.3 is 14.5 Å². The Hall–Kier alpha value is -2.34. The number of para-hydroxylation sites is 1. The van der Waals surface area contributed by atoms with Crippen LogP contribution in [-0.4, -0.2) is 53.9 Å². The molecule has 1 saturated heterocycles. The summed E-state index contributed by atoms with van der Waals surface area (Å²) in [4.78, 5) is 29.1. The summed E-state index contributed by atoms with van der Waals surface area (Å²) >= 11 is 1.45. The largest absolute Gasteiger partial charge is 0.481 e. The Balaban J connectivity index is 1.52. The third-order valence-electron chi connectivity index (χ3n) is 4.01. The molecule has 0 aliphatic carbocycles. The Labute approximate surface area is 145 Å². The van der Waals surface area contributed by atoms with Crippen molar-refractivity contribution in [1.82, 2.24) is 9.80 Å². The minimum atomic E-state index is -0.535. The minimum Gasteiger partial charge on any atom is -0.481 e. The van der Waals surface area contributed by atoms with Crippen molar-refractivity contribution in [3.8, 4) is 5.75 Å². The van der Waals surface area contributed by atoms with Crippen molar-refractivity contribution in [1.29, 1.82) is 0 Å². The average Bonchev–Trinajstić information content (AvgIpc) is 3.16. The molecule has 2 heterocycles. The Kier molecular flexibility index (Phi) is 5.15. The zero-order chi connectivity index (χ0) is 16.9. The molecule has 0 unspecified atom stereocenters. The highest BCUT2D eigenvalue weighted by Gasteiger charge is 2.28. The fraction of sp³-hybridized carbons (Fsp3) is 0.333. The molecule has 1 aromatic heterocycles. The van der Waals surface area contributed by atoms with Gasteiger partial charge in [-0.1, -0.05) is 24.3 Å². The summed E-state index contributed by atoms with van der Waals surface area (Å²) in [6.07, 6.45) is -0.535. The Morgan fingerprint density at radius 2 is 1.67 bits per heavy atom. The van der Waals surface area contributed by atoms with Gasteiger partial charge in [-0.15, -0.1) is 11.3 Å². The van der Waals surface area contributed by atoms with E-state index in [2.05, 4.69) is 0 Å². The maximum Gasteiger partial charge on any atom is 0.264 e. The summed E-state index contributed by atoms with van der Waals surface area (Å²) in [5.41, 5.74) is 0. The molecule has 126 valence electrons. The van der Waals surface area contributed by atoms with Gasteiger partial charge in [0.2, 0.25) is 0 Å². The summed E-state index contributed by atoms with van der Waals surface area (Å²) < 4.78 is 5.69. The summed E-state index contributed by atoms with van der Waals surface area (Å²) in [6.45, 7) is 3.95. The van der Waals surface area contributed by atoms with E-state index in [0.29, 0.717) is 31.9 Å². The fourth-order valence-electron chi connectivity index (χ4n) is 2.70. The average molecular weight is 344 g/mol. The predicted octanol–water partition coefficient (Wildman–Crippen LogP) is 2.50. The first-order valence-electron chi connectivity index (χ1n) is 7.98. The van der Waals surface area contributed by atoms with E-state index in [0.717, 1.165) is 4.88 Å². The predicted molar refractivity (Wildman–Crippen MR) is 93.3 cm³/mol. The van der Waals surface area contributed by atoms with Crippen LogP contribution in [0.3, 0.4) is 0 Å². The number of thiophene rings is 1. The molecule has 0 bridgehead atoms. The third-order valence-corrected chi connectivity index (χ3v) is 4.87. The zero-order valence-corrected chi connectivity index (χ0v) is 14.4.